The Kier molecular flexibility index (Phi) is 3.18. The summed E-state index contributed by atoms with van der Waals surface area (Å²) < 4.78 is 5.51. The van der Waals surface area contributed by atoms with Crippen LogP contribution in [0, 0.1) is 10.1 Å². The van der Waals surface area contributed by atoms with Gasteiger partial charge in [-0.25, -0.2) is 4.98 Å². The first-order chi connectivity index (χ1) is 8.20. The van der Waals surface area contributed by atoms with Gasteiger partial charge in [-0.05, 0) is 6.42 Å². The van der Waals surface area contributed by atoms with E-state index < -0.39 is 4.92 Å². The van der Waals surface area contributed by atoms with Gasteiger partial charge in [0.1, 0.15) is 0 Å². The van der Waals surface area contributed by atoms with E-state index in [-0.39, 0.29) is 5.69 Å². The maximum atomic E-state index is 10.7. The molecule has 0 fully saturated rings. The van der Waals surface area contributed by atoms with Crippen molar-refractivity contribution in [1.29, 1.82) is 0 Å². The molecule has 2 rings (SSSR count). The van der Waals surface area contributed by atoms with Crippen LogP contribution in [0.15, 0.2) is 34.9 Å². The van der Waals surface area contributed by atoms with Gasteiger partial charge in [-0.2, -0.15) is 0 Å². The lowest BCUT2D eigenvalue weighted by atomic mass is 10.2. The summed E-state index contributed by atoms with van der Waals surface area (Å²) in [6.07, 6.45) is 3.33. The van der Waals surface area contributed by atoms with Gasteiger partial charge in [-0.1, -0.05) is 19.1 Å². The van der Waals surface area contributed by atoms with E-state index in [4.69, 9.17) is 4.42 Å². The third-order valence-electron chi connectivity index (χ3n) is 2.36. The maximum Gasteiger partial charge on any atom is 0.270 e. The zero-order chi connectivity index (χ0) is 12.3. The lowest BCUT2D eigenvalue weighted by Crippen LogP contribution is -1.87. The number of aromatic nitrogens is 1. The normalized spacial score (nSPS) is 10.4. The van der Waals surface area contributed by atoms with Crippen molar-refractivity contribution in [3.8, 4) is 11.3 Å². The molecule has 0 aliphatic rings. The number of aryl methyl sites for hydroxylation is 1. The van der Waals surface area contributed by atoms with Crippen molar-refractivity contribution in [2.24, 2.45) is 0 Å². The van der Waals surface area contributed by atoms with Crippen LogP contribution in [0.4, 0.5) is 5.69 Å². The molecule has 0 bridgehead atoms. The molecule has 0 spiro atoms. The minimum atomic E-state index is -0.424. The van der Waals surface area contributed by atoms with Crippen molar-refractivity contribution in [2.45, 2.75) is 19.8 Å². The van der Waals surface area contributed by atoms with Crippen LogP contribution in [0.2, 0.25) is 0 Å². The van der Waals surface area contributed by atoms with Crippen molar-refractivity contribution in [3.05, 3.63) is 46.5 Å². The van der Waals surface area contributed by atoms with E-state index in [0.717, 1.165) is 12.8 Å². The topological polar surface area (TPSA) is 69.2 Å². The Morgan fingerprint density at radius 1 is 1.47 bits per heavy atom. The Labute approximate surface area is 98.3 Å². The highest BCUT2D eigenvalue weighted by Gasteiger charge is 2.10. The summed E-state index contributed by atoms with van der Waals surface area (Å²) >= 11 is 0. The molecule has 0 amide bonds. The van der Waals surface area contributed by atoms with Gasteiger partial charge in [0.15, 0.2) is 11.7 Å². The summed E-state index contributed by atoms with van der Waals surface area (Å²) in [6, 6.07) is 6.34. The molecular weight excluding hydrogens is 220 g/mol. The molecule has 0 saturated heterocycles. The van der Waals surface area contributed by atoms with Crippen LogP contribution in [-0.2, 0) is 6.42 Å². The second kappa shape index (κ2) is 4.78. The van der Waals surface area contributed by atoms with E-state index in [0.29, 0.717) is 17.2 Å². The number of nitro benzene ring substituents is 1. The van der Waals surface area contributed by atoms with Gasteiger partial charge < -0.3 is 4.42 Å². The van der Waals surface area contributed by atoms with Gasteiger partial charge in [-0.3, -0.25) is 10.1 Å². The molecular formula is C12H12N2O3. The molecule has 1 aromatic carbocycles. The fourth-order valence-corrected chi connectivity index (χ4v) is 1.55. The Morgan fingerprint density at radius 2 is 2.29 bits per heavy atom. The average molecular weight is 232 g/mol. The second-order valence-corrected chi connectivity index (χ2v) is 3.68. The van der Waals surface area contributed by atoms with Crippen molar-refractivity contribution >= 4 is 5.69 Å². The van der Waals surface area contributed by atoms with Crippen molar-refractivity contribution in [2.75, 3.05) is 0 Å². The van der Waals surface area contributed by atoms with E-state index in [1.807, 2.05) is 6.92 Å². The number of hydrogen-bond donors (Lipinski definition) is 0. The number of hydrogen-bond acceptors (Lipinski definition) is 4. The molecule has 0 N–H and O–H groups in total. The van der Waals surface area contributed by atoms with E-state index >= 15 is 0 Å². The summed E-state index contributed by atoms with van der Waals surface area (Å²) in [4.78, 5) is 14.3. The zero-order valence-electron chi connectivity index (χ0n) is 9.42. The third kappa shape index (κ3) is 2.50. The Hall–Kier alpha value is -2.17. The van der Waals surface area contributed by atoms with Gasteiger partial charge in [0, 0.05) is 24.1 Å². The van der Waals surface area contributed by atoms with Crippen LogP contribution in [0.3, 0.4) is 0 Å². The van der Waals surface area contributed by atoms with Gasteiger partial charge in [-0.15, -0.1) is 0 Å². The van der Waals surface area contributed by atoms with Gasteiger partial charge in [0.25, 0.3) is 5.69 Å². The molecule has 88 valence electrons. The van der Waals surface area contributed by atoms with E-state index in [9.17, 15) is 10.1 Å². The molecule has 0 radical (unpaired) electrons. The van der Waals surface area contributed by atoms with Gasteiger partial charge in [0.2, 0.25) is 0 Å². The van der Waals surface area contributed by atoms with E-state index in [2.05, 4.69) is 4.98 Å². The molecule has 5 heteroatoms. The second-order valence-electron chi connectivity index (χ2n) is 3.68. The van der Waals surface area contributed by atoms with Crippen molar-refractivity contribution in [3.63, 3.8) is 0 Å². The SMILES string of the molecule is CCCc1ncc(-c2cccc([N+](=O)[O-])c2)o1. The summed E-state index contributed by atoms with van der Waals surface area (Å²) in [5.74, 6) is 1.23. The Bertz CT molecular complexity index is 534. The monoisotopic (exact) mass is 232 g/mol. The molecule has 0 atom stereocenters. The van der Waals surface area contributed by atoms with Crippen LogP contribution >= 0.6 is 0 Å². The molecule has 0 aliphatic heterocycles. The first kappa shape index (κ1) is 11.3. The highest BCUT2D eigenvalue weighted by Crippen LogP contribution is 2.24. The fraction of sp³-hybridized carbons (Fsp3) is 0.250. The fourth-order valence-electron chi connectivity index (χ4n) is 1.55. The van der Waals surface area contributed by atoms with Crippen molar-refractivity contribution < 1.29 is 9.34 Å². The molecule has 0 aliphatic carbocycles. The first-order valence-corrected chi connectivity index (χ1v) is 5.40. The molecule has 1 aromatic heterocycles. The highest BCUT2D eigenvalue weighted by atomic mass is 16.6. The largest absolute Gasteiger partial charge is 0.441 e. The highest BCUT2D eigenvalue weighted by molar-refractivity contribution is 5.60. The molecule has 17 heavy (non-hydrogen) atoms. The molecule has 2 aromatic rings. The van der Waals surface area contributed by atoms with Crippen LogP contribution < -0.4 is 0 Å². The number of non-ortho nitro benzene ring substituents is 1. The first-order valence-electron chi connectivity index (χ1n) is 5.40. The van der Waals surface area contributed by atoms with Gasteiger partial charge in [0.05, 0.1) is 11.1 Å². The number of nitro groups is 1. The average Bonchev–Trinajstić information content (AvgIpc) is 2.78. The Morgan fingerprint density at radius 3 is 3.00 bits per heavy atom. The standard InChI is InChI=1S/C12H12N2O3/c1-2-4-12-13-8-11(17-12)9-5-3-6-10(7-9)14(15)16/h3,5-8H,2,4H2,1H3. The quantitative estimate of drug-likeness (QED) is 0.599. The molecule has 5 nitrogen and oxygen atoms in total. The lowest BCUT2D eigenvalue weighted by molar-refractivity contribution is -0.384. The summed E-state index contributed by atoms with van der Waals surface area (Å²) in [5, 5.41) is 10.7. The summed E-state index contributed by atoms with van der Waals surface area (Å²) in [5.41, 5.74) is 0.727. The number of benzene rings is 1. The van der Waals surface area contributed by atoms with Gasteiger partial charge >= 0.3 is 0 Å². The Balaban J connectivity index is 2.32. The lowest BCUT2D eigenvalue weighted by Gasteiger charge is -1.96. The maximum absolute atomic E-state index is 10.7. The van der Waals surface area contributed by atoms with Crippen LogP contribution in [-0.4, -0.2) is 9.91 Å². The summed E-state index contributed by atoms with van der Waals surface area (Å²) in [7, 11) is 0. The predicted octanol–water partition coefficient (Wildman–Crippen LogP) is 3.20. The number of rotatable bonds is 4. The van der Waals surface area contributed by atoms with Crippen LogP contribution in [0.1, 0.15) is 19.2 Å². The van der Waals surface area contributed by atoms with Crippen molar-refractivity contribution in [1.82, 2.24) is 4.98 Å². The molecule has 0 unspecified atom stereocenters. The minimum Gasteiger partial charge on any atom is -0.441 e. The predicted molar refractivity (Wildman–Crippen MR) is 62.6 cm³/mol. The van der Waals surface area contributed by atoms with E-state index in [1.54, 1.807) is 18.3 Å². The molecule has 1 heterocycles. The summed E-state index contributed by atoms with van der Waals surface area (Å²) in [6.45, 7) is 2.04. The third-order valence-corrected chi connectivity index (χ3v) is 2.36. The smallest absolute Gasteiger partial charge is 0.270 e. The van der Waals surface area contributed by atoms with E-state index in [1.165, 1.54) is 12.1 Å². The molecule has 0 saturated carbocycles. The number of nitrogens with zero attached hydrogens (tertiary/aromatic N) is 2. The van der Waals surface area contributed by atoms with Crippen LogP contribution in [0.25, 0.3) is 11.3 Å². The van der Waals surface area contributed by atoms with Crippen LogP contribution in [0.5, 0.6) is 0 Å². The minimum absolute atomic E-state index is 0.0518. The number of oxazole rings is 1. The zero-order valence-corrected chi connectivity index (χ0v) is 9.42.